The molecule has 0 bridgehead atoms. The van der Waals surface area contributed by atoms with Gasteiger partial charge in [-0.25, -0.2) is 4.79 Å². The molecule has 110 valence electrons. The van der Waals surface area contributed by atoms with Gasteiger partial charge >= 0.3 is 6.03 Å². The van der Waals surface area contributed by atoms with Crippen LogP contribution in [0.15, 0.2) is 12.2 Å². The highest BCUT2D eigenvalue weighted by molar-refractivity contribution is 6.18. The molecule has 0 saturated carbocycles. The number of carbonyl (C=O) groups excluding carboxylic acids is 3. The van der Waals surface area contributed by atoms with Gasteiger partial charge in [-0.2, -0.15) is 0 Å². The van der Waals surface area contributed by atoms with E-state index in [0.717, 1.165) is 13.1 Å². The number of hydrogen-bond donors (Lipinski definition) is 1. The van der Waals surface area contributed by atoms with Crippen molar-refractivity contribution in [3.05, 3.63) is 12.2 Å². The van der Waals surface area contributed by atoms with Gasteiger partial charge in [-0.3, -0.25) is 9.59 Å². The van der Waals surface area contributed by atoms with Gasteiger partial charge in [-0.15, -0.1) is 0 Å². The fourth-order valence-electron chi connectivity index (χ4n) is 2.45. The summed E-state index contributed by atoms with van der Waals surface area (Å²) < 4.78 is 0. The van der Waals surface area contributed by atoms with E-state index in [2.05, 4.69) is 26.1 Å². The van der Waals surface area contributed by atoms with E-state index in [4.69, 9.17) is 0 Å². The molecule has 0 atom stereocenters. The number of amides is 2. The second kappa shape index (κ2) is 5.38. The molecule has 1 aliphatic heterocycles. The van der Waals surface area contributed by atoms with Crippen molar-refractivity contribution in [2.75, 3.05) is 19.6 Å². The summed E-state index contributed by atoms with van der Waals surface area (Å²) in [5, 5.41) is 2.78. The molecular weight excluding hydrogens is 256 g/mol. The van der Waals surface area contributed by atoms with Gasteiger partial charge in [0.25, 0.3) is 0 Å². The highest BCUT2D eigenvalue weighted by Crippen LogP contribution is 2.33. The minimum absolute atomic E-state index is 0.101. The summed E-state index contributed by atoms with van der Waals surface area (Å²) in [4.78, 5) is 36.4. The molecule has 1 aliphatic carbocycles. The first-order chi connectivity index (χ1) is 9.29. The minimum atomic E-state index is -0.589. The fraction of sp³-hybridized carbons (Fsp3) is 0.667. The molecule has 2 rings (SSSR count). The van der Waals surface area contributed by atoms with Crippen molar-refractivity contribution in [1.82, 2.24) is 10.2 Å². The van der Waals surface area contributed by atoms with Crippen molar-refractivity contribution >= 4 is 17.6 Å². The molecule has 0 spiro atoms. The van der Waals surface area contributed by atoms with Crippen molar-refractivity contribution in [1.29, 1.82) is 0 Å². The number of likely N-dealkylation sites (tertiary alicyclic amines) is 1. The SMILES string of the molecule is CC(C)(C)C1CN(C(=O)NCCC2C(=O)C=CC2=O)C1. The van der Waals surface area contributed by atoms with Gasteiger partial charge in [-0.1, -0.05) is 20.8 Å². The summed E-state index contributed by atoms with van der Waals surface area (Å²) in [6.45, 7) is 8.45. The Morgan fingerprint density at radius 3 is 2.30 bits per heavy atom. The number of urea groups is 1. The van der Waals surface area contributed by atoms with E-state index >= 15 is 0 Å². The normalized spacial score (nSPS) is 20.4. The number of hydrogen-bond acceptors (Lipinski definition) is 3. The maximum atomic E-state index is 11.9. The average molecular weight is 278 g/mol. The summed E-state index contributed by atoms with van der Waals surface area (Å²) in [6.07, 6.45) is 3.02. The number of allylic oxidation sites excluding steroid dienone is 2. The zero-order valence-electron chi connectivity index (χ0n) is 12.3. The fourth-order valence-corrected chi connectivity index (χ4v) is 2.45. The van der Waals surface area contributed by atoms with Crippen molar-refractivity contribution in [2.45, 2.75) is 27.2 Å². The van der Waals surface area contributed by atoms with Crippen molar-refractivity contribution in [3.63, 3.8) is 0 Å². The first-order valence-corrected chi connectivity index (χ1v) is 7.07. The Balaban J connectivity index is 1.67. The summed E-state index contributed by atoms with van der Waals surface area (Å²) in [5.74, 6) is -0.355. The molecule has 0 unspecified atom stereocenters. The van der Waals surface area contributed by atoms with Crippen molar-refractivity contribution < 1.29 is 14.4 Å². The van der Waals surface area contributed by atoms with Crippen LogP contribution in [0.2, 0.25) is 0 Å². The molecule has 5 nitrogen and oxygen atoms in total. The van der Waals surface area contributed by atoms with E-state index in [0.29, 0.717) is 18.9 Å². The second-order valence-corrected chi connectivity index (χ2v) is 6.68. The highest BCUT2D eigenvalue weighted by atomic mass is 16.2. The maximum Gasteiger partial charge on any atom is 0.317 e. The van der Waals surface area contributed by atoms with Crippen LogP contribution in [0.5, 0.6) is 0 Å². The molecule has 0 aromatic carbocycles. The second-order valence-electron chi connectivity index (χ2n) is 6.68. The summed E-state index contributed by atoms with van der Waals surface area (Å²) >= 11 is 0. The number of nitrogens with zero attached hydrogens (tertiary/aromatic N) is 1. The van der Waals surface area contributed by atoms with Crippen LogP contribution in [-0.2, 0) is 9.59 Å². The molecule has 0 aromatic heterocycles. The number of carbonyl (C=O) groups is 3. The van der Waals surface area contributed by atoms with Crippen LogP contribution in [0, 0.1) is 17.3 Å². The number of nitrogens with one attached hydrogen (secondary N) is 1. The van der Waals surface area contributed by atoms with E-state index in [1.807, 2.05) is 0 Å². The first kappa shape index (κ1) is 14.8. The van der Waals surface area contributed by atoms with Crippen LogP contribution >= 0.6 is 0 Å². The van der Waals surface area contributed by atoms with Gasteiger partial charge in [0, 0.05) is 19.6 Å². The third-order valence-electron chi connectivity index (χ3n) is 4.20. The van der Waals surface area contributed by atoms with Crippen LogP contribution in [0.4, 0.5) is 4.79 Å². The van der Waals surface area contributed by atoms with Crippen LogP contribution < -0.4 is 5.32 Å². The van der Waals surface area contributed by atoms with Crippen LogP contribution in [-0.4, -0.2) is 42.1 Å². The molecule has 0 radical (unpaired) electrons. The summed E-state index contributed by atoms with van der Waals surface area (Å²) in [5.41, 5.74) is 0.227. The molecule has 1 fully saturated rings. The first-order valence-electron chi connectivity index (χ1n) is 7.07. The molecule has 20 heavy (non-hydrogen) atoms. The number of ketones is 2. The van der Waals surface area contributed by atoms with Gasteiger partial charge in [0.05, 0.1) is 5.92 Å². The average Bonchev–Trinajstić information content (AvgIpc) is 2.56. The van der Waals surface area contributed by atoms with Gasteiger partial charge in [-0.05, 0) is 29.9 Å². The Morgan fingerprint density at radius 2 is 1.80 bits per heavy atom. The van der Waals surface area contributed by atoms with Gasteiger partial charge in [0.15, 0.2) is 11.6 Å². The zero-order chi connectivity index (χ0) is 14.9. The molecule has 0 aromatic rings. The van der Waals surface area contributed by atoms with Crippen molar-refractivity contribution in [3.8, 4) is 0 Å². The van der Waals surface area contributed by atoms with Crippen LogP contribution in [0.25, 0.3) is 0 Å². The molecule has 1 N–H and O–H groups in total. The Kier molecular flexibility index (Phi) is 3.97. The summed E-state index contributed by atoms with van der Waals surface area (Å²) in [6, 6.07) is -0.101. The predicted molar refractivity (Wildman–Crippen MR) is 75.2 cm³/mol. The lowest BCUT2D eigenvalue weighted by Gasteiger charge is -2.46. The van der Waals surface area contributed by atoms with Gasteiger partial charge < -0.3 is 10.2 Å². The number of rotatable bonds is 3. The Bertz CT molecular complexity index is 438. The van der Waals surface area contributed by atoms with Gasteiger partial charge in [0.1, 0.15) is 0 Å². The lowest BCUT2D eigenvalue weighted by molar-refractivity contribution is -0.125. The molecule has 1 heterocycles. The maximum absolute atomic E-state index is 11.9. The standard InChI is InChI=1S/C15H22N2O3/c1-15(2,3)10-8-17(9-10)14(20)16-7-6-11-12(18)4-5-13(11)19/h4-5,10-11H,6-9H2,1-3H3,(H,16,20). The lowest BCUT2D eigenvalue weighted by Crippen LogP contribution is -2.57. The molecule has 2 amide bonds. The predicted octanol–water partition coefficient (Wildman–Crippen LogP) is 1.39. The summed E-state index contributed by atoms with van der Waals surface area (Å²) in [7, 11) is 0. The monoisotopic (exact) mass is 278 g/mol. The van der Waals surface area contributed by atoms with Crippen molar-refractivity contribution in [2.24, 2.45) is 17.3 Å². The quantitative estimate of drug-likeness (QED) is 0.793. The Hall–Kier alpha value is -1.65. The smallest absolute Gasteiger partial charge is 0.317 e. The molecule has 2 aliphatic rings. The largest absolute Gasteiger partial charge is 0.338 e. The Labute approximate surface area is 119 Å². The van der Waals surface area contributed by atoms with E-state index < -0.39 is 5.92 Å². The third kappa shape index (κ3) is 3.08. The zero-order valence-corrected chi connectivity index (χ0v) is 12.3. The molecule has 1 saturated heterocycles. The van der Waals surface area contributed by atoms with Gasteiger partial charge in [0.2, 0.25) is 0 Å². The van der Waals surface area contributed by atoms with Crippen LogP contribution in [0.3, 0.4) is 0 Å². The highest BCUT2D eigenvalue weighted by Gasteiger charge is 2.38. The van der Waals surface area contributed by atoms with E-state index in [1.165, 1.54) is 12.2 Å². The van der Waals surface area contributed by atoms with E-state index in [9.17, 15) is 14.4 Å². The van der Waals surface area contributed by atoms with E-state index in [1.54, 1.807) is 4.90 Å². The topological polar surface area (TPSA) is 66.5 Å². The third-order valence-corrected chi connectivity index (χ3v) is 4.20. The molecule has 5 heteroatoms. The molecular formula is C15H22N2O3. The van der Waals surface area contributed by atoms with E-state index in [-0.39, 0.29) is 23.0 Å². The minimum Gasteiger partial charge on any atom is -0.338 e. The Morgan fingerprint density at radius 1 is 1.25 bits per heavy atom. The lowest BCUT2D eigenvalue weighted by atomic mass is 9.76. The van der Waals surface area contributed by atoms with Crippen LogP contribution in [0.1, 0.15) is 27.2 Å².